The maximum atomic E-state index is 12.7. The van der Waals surface area contributed by atoms with Crippen LogP contribution in [0.3, 0.4) is 0 Å². The van der Waals surface area contributed by atoms with Crippen LogP contribution in [0.5, 0.6) is 0 Å². The molecule has 0 aromatic heterocycles. The van der Waals surface area contributed by atoms with Gasteiger partial charge in [0.2, 0.25) is 5.91 Å². The quantitative estimate of drug-likeness (QED) is 0.897. The van der Waals surface area contributed by atoms with Gasteiger partial charge in [-0.1, -0.05) is 39.0 Å². The van der Waals surface area contributed by atoms with Crippen LogP contribution in [0.15, 0.2) is 30.3 Å². The van der Waals surface area contributed by atoms with Gasteiger partial charge in [-0.3, -0.25) is 9.59 Å². The standard InChI is InChI=1S/C21H32N2O2/c1-7-20(5)14-18(22-19(25)17-12-10-9-11-13-17)15(3)21(6,8-2)23(20)16(4)24/h9-13,15,18H,7-8,14H2,1-6H3,(H,22,25). The average Bonchev–Trinajstić information content (AvgIpc) is 2.59. The number of carbonyl (C=O) groups is 2. The molecule has 1 aromatic carbocycles. The number of hydrogen-bond acceptors (Lipinski definition) is 2. The molecule has 1 aliphatic heterocycles. The molecule has 4 heteroatoms. The number of nitrogens with zero attached hydrogens (tertiary/aromatic N) is 1. The monoisotopic (exact) mass is 344 g/mol. The fourth-order valence-electron chi connectivity index (χ4n) is 4.54. The molecule has 0 bridgehead atoms. The molecule has 138 valence electrons. The van der Waals surface area contributed by atoms with Crippen molar-refractivity contribution < 1.29 is 9.59 Å². The van der Waals surface area contributed by atoms with Crippen LogP contribution in [0.1, 0.15) is 71.2 Å². The second-order valence-corrected chi connectivity index (χ2v) is 7.85. The largest absolute Gasteiger partial charge is 0.349 e. The van der Waals surface area contributed by atoms with E-state index in [-0.39, 0.29) is 34.9 Å². The highest BCUT2D eigenvalue weighted by Gasteiger charge is 2.53. The molecular formula is C21H32N2O2. The normalized spacial score (nSPS) is 32.3. The minimum absolute atomic E-state index is 0.0365. The van der Waals surface area contributed by atoms with Crippen LogP contribution in [0, 0.1) is 5.92 Å². The Labute approximate surface area is 152 Å². The Balaban J connectivity index is 2.34. The van der Waals surface area contributed by atoms with Crippen molar-refractivity contribution in [1.29, 1.82) is 0 Å². The lowest BCUT2D eigenvalue weighted by Crippen LogP contribution is -2.71. The highest BCUT2D eigenvalue weighted by Crippen LogP contribution is 2.45. The Morgan fingerprint density at radius 3 is 2.24 bits per heavy atom. The van der Waals surface area contributed by atoms with E-state index in [1.165, 1.54) is 0 Å². The summed E-state index contributed by atoms with van der Waals surface area (Å²) in [5, 5.41) is 3.25. The van der Waals surface area contributed by atoms with Crippen molar-refractivity contribution >= 4 is 11.8 Å². The zero-order valence-electron chi connectivity index (χ0n) is 16.4. The summed E-state index contributed by atoms with van der Waals surface area (Å²) in [6.45, 7) is 12.4. The van der Waals surface area contributed by atoms with E-state index in [2.05, 4.69) is 44.8 Å². The highest BCUT2D eigenvalue weighted by atomic mass is 16.2. The van der Waals surface area contributed by atoms with Gasteiger partial charge in [0.1, 0.15) is 0 Å². The van der Waals surface area contributed by atoms with Gasteiger partial charge in [-0.05, 0) is 51.2 Å². The second kappa shape index (κ2) is 7.19. The van der Waals surface area contributed by atoms with Gasteiger partial charge in [0.25, 0.3) is 5.91 Å². The second-order valence-electron chi connectivity index (χ2n) is 7.85. The molecule has 4 atom stereocenters. The van der Waals surface area contributed by atoms with Crippen molar-refractivity contribution in [3.8, 4) is 0 Å². The predicted octanol–water partition coefficient (Wildman–Crippen LogP) is 4.01. The number of carbonyl (C=O) groups excluding carboxylic acids is 2. The molecule has 0 saturated carbocycles. The maximum Gasteiger partial charge on any atom is 0.251 e. The number of benzene rings is 1. The van der Waals surface area contributed by atoms with Crippen molar-refractivity contribution in [2.24, 2.45) is 5.92 Å². The van der Waals surface area contributed by atoms with E-state index in [1.54, 1.807) is 6.92 Å². The van der Waals surface area contributed by atoms with Crippen molar-refractivity contribution in [3.63, 3.8) is 0 Å². The first-order valence-corrected chi connectivity index (χ1v) is 9.36. The third-order valence-corrected chi connectivity index (χ3v) is 6.44. The fraction of sp³-hybridized carbons (Fsp3) is 0.619. The molecule has 4 nitrogen and oxygen atoms in total. The van der Waals surface area contributed by atoms with E-state index >= 15 is 0 Å². The van der Waals surface area contributed by atoms with E-state index in [9.17, 15) is 9.59 Å². The van der Waals surface area contributed by atoms with Gasteiger partial charge in [0.05, 0.1) is 0 Å². The van der Waals surface area contributed by atoms with Crippen LogP contribution in [-0.2, 0) is 4.79 Å². The molecular weight excluding hydrogens is 312 g/mol. The summed E-state index contributed by atoms with van der Waals surface area (Å²) in [5.74, 6) is 0.257. The van der Waals surface area contributed by atoms with Crippen LogP contribution in [0.2, 0.25) is 0 Å². The number of piperidine rings is 1. The Bertz CT molecular complexity index is 630. The van der Waals surface area contributed by atoms with Crippen molar-refractivity contribution in [2.75, 3.05) is 0 Å². The first-order valence-electron chi connectivity index (χ1n) is 9.36. The number of rotatable bonds is 4. The molecule has 2 amide bonds. The predicted molar refractivity (Wildman–Crippen MR) is 101 cm³/mol. The summed E-state index contributed by atoms with van der Waals surface area (Å²) >= 11 is 0. The number of amides is 2. The van der Waals surface area contributed by atoms with Crippen molar-refractivity contribution in [2.45, 2.75) is 77.9 Å². The third kappa shape index (κ3) is 3.44. The number of hydrogen-bond donors (Lipinski definition) is 1. The molecule has 1 saturated heterocycles. The average molecular weight is 344 g/mol. The highest BCUT2D eigenvalue weighted by molar-refractivity contribution is 5.94. The SMILES string of the molecule is CCC1(C)CC(NC(=O)c2ccccc2)C(C)C(C)(CC)N1C(C)=O. The molecule has 0 radical (unpaired) electrons. The molecule has 4 unspecified atom stereocenters. The first-order chi connectivity index (χ1) is 11.7. The minimum Gasteiger partial charge on any atom is -0.349 e. The Kier molecular flexibility index (Phi) is 5.60. The zero-order valence-corrected chi connectivity index (χ0v) is 16.4. The molecule has 1 aromatic rings. The van der Waals surface area contributed by atoms with Gasteiger partial charge < -0.3 is 10.2 Å². The Morgan fingerprint density at radius 2 is 1.76 bits per heavy atom. The third-order valence-electron chi connectivity index (χ3n) is 6.44. The molecule has 1 aliphatic rings. The molecule has 1 fully saturated rings. The van der Waals surface area contributed by atoms with Crippen LogP contribution in [0.25, 0.3) is 0 Å². The minimum atomic E-state index is -0.274. The maximum absolute atomic E-state index is 12.7. The molecule has 25 heavy (non-hydrogen) atoms. The Morgan fingerprint density at radius 1 is 1.16 bits per heavy atom. The lowest BCUT2D eigenvalue weighted by atomic mass is 9.66. The van der Waals surface area contributed by atoms with E-state index in [4.69, 9.17) is 0 Å². The summed E-state index contributed by atoms with van der Waals surface area (Å²) in [6.07, 6.45) is 2.51. The summed E-state index contributed by atoms with van der Waals surface area (Å²) in [7, 11) is 0. The molecule has 1 heterocycles. The van der Waals surface area contributed by atoms with E-state index in [1.807, 2.05) is 30.3 Å². The molecule has 2 rings (SSSR count). The van der Waals surface area contributed by atoms with Crippen LogP contribution in [-0.4, -0.2) is 33.8 Å². The summed E-state index contributed by atoms with van der Waals surface area (Å²) in [6, 6.07) is 9.38. The topological polar surface area (TPSA) is 49.4 Å². The van der Waals surface area contributed by atoms with Gasteiger partial charge in [-0.2, -0.15) is 0 Å². The van der Waals surface area contributed by atoms with Gasteiger partial charge in [0.15, 0.2) is 0 Å². The zero-order chi connectivity index (χ0) is 18.8. The van der Waals surface area contributed by atoms with E-state index in [0.29, 0.717) is 5.56 Å². The fourth-order valence-corrected chi connectivity index (χ4v) is 4.54. The lowest BCUT2D eigenvalue weighted by Gasteiger charge is -2.60. The summed E-state index contributed by atoms with van der Waals surface area (Å²) in [5.41, 5.74) is 0.154. The van der Waals surface area contributed by atoms with Crippen molar-refractivity contribution in [3.05, 3.63) is 35.9 Å². The Hall–Kier alpha value is -1.84. The van der Waals surface area contributed by atoms with Gasteiger partial charge >= 0.3 is 0 Å². The van der Waals surface area contributed by atoms with Gasteiger partial charge in [0, 0.05) is 29.6 Å². The van der Waals surface area contributed by atoms with E-state index < -0.39 is 0 Å². The molecule has 0 spiro atoms. The smallest absolute Gasteiger partial charge is 0.251 e. The molecule has 1 N–H and O–H groups in total. The first kappa shape index (κ1) is 19.5. The lowest BCUT2D eigenvalue weighted by molar-refractivity contribution is -0.157. The van der Waals surface area contributed by atoms with Crippen molar-refractivity contribution in [1.82, 2.24) is 10.2 Å². The number of likely N-dealkylation sites (tertiary alicyclic amines) is 1. The van der Waals surface area contributed by atoms with E-state index in [0.717, 1.165) is 19.3 Å². The van der Waals surface area contributed by atoms with Crippen LogP contribution in [0.4, 0.5) is 0 Å². The van der Waals surface area contributed by atoms with Gasteiger partial charge in [-0.25, -0.2) is 0 Å². The summed E-state index contributed by atoms with van der Waals surface area (Å²) < 4.78 is 0. The summed E-state index contributed by atoms with van der Waals surface area (Å²) in [4.78, 5) is 27.2. The molecule has 0 aliphatic carbocycles. The van der Waals surface area contributed by atoms with Crippen LogP contribution >= 0.6 is 0 Å². The number of nitrogens with one attached hydrogen (secondary N) is 1. The van der Waals surface area contributed by atoms with Crippen LogP contribution < -0.4 is 5.32 Å². The van der Waals surface area contributed by atoms with Gasteiger partial charge in [-0.15, -0.1) is 0 Å².